The Labute approximate surface area is 192 Å². The van der Waals surface area contributed by atoms with Gasteiger partial charge in [-0.05, 0) is 67.5 Å². The zero-order valence-corrected chi connectivity index (χ0v) is 18.7. The van der Waals surface area contributed by atoms with Gasteiger partial charge in [0.2, 0.25) is 0 Å². The second-order valence-electron chi connectivity index (χ2n) is 10.0. The number of hydrogen-bond acceptors (Lipinski definition) is 4. The molecule has 2 aromatic carbocycles. The molecular formula is C26H25ClN2O3. The fourth-order valence-electron chi connectivity index (χ4n) is 6.03. The van der Waals surface area contributed by atoms with Gasteiger partial charge in [0.1, 0.15) is 5.75 Å². The predicted molar refractivity (Wildman–Crippen MR) is 121 cm³/mol. The number of aliphatic hydroxyl groups excluding tert-OH is 1. The molecule has 6 heteroatoms. The van der Waals surface area contributed by atoms with Crippen molar-refractivity contribution in [3.63, 3.8) is 0 Å². The highest BCUT2D eigenvalue weighted by Gasteiger charge is 2.69. The molecule has 1 aliphatic heterocycles. The molecule has 3 aliphatic carbocycles. The summed E-state index contributed by atoms with van der Waals surface area (Å²) in [5.41, 5.74) is 4.47. The summed E-state index contributed by atoms with van der Waals surface area (Å²) in [7, 11) is 0. The average molecular weight is 449 g/mol. The molecule has 3 fully saturated rings. The molecule has 2 atom stereocenters. The Kier molecular flexibility index (Phi) is 4.33. The van der Waals surface area contributed by atoms with E-state index in [0.29, 0.717) is 22.8 Å². The molecule has 0 amide bonds. The Morgan fingerprint density at radius 3 is 2.72 bits per heavy atom. The number of fused-ring (bicyclic) bond motifs is 1. The molecule has 164 valence electrons. The third-order valence-electron chi connectivity index (χ3n) is 7.58. The molecule has 7 rings (SSSR count). The van der Waals surface area contributed by atoms with Gasteiger partial charge in [0.25, 0.3) is 0 Å². The maximum atomic E-state index is 13.0. The number of rotatable bonds is 5. The zero-order chi connectivity index (χ0) is 22.1. The minimum atomic E-state index is -0.724. The van der Waals surface area contributed by atoms with Crippen molar-refractivity contribution in [2.45, 2.75) is 56.7 Å². The van der Waals surface area contributed by atoms with Crippen molar-refractivity contribution in [3.8, 4) is 11.4 Å². The first kappa shape index (κ1) is 20.0. The third-order valence-corrected chi connectivity index (χ3v) is 7.81. The lowest BCUT2D eigenvalue weighted by Crippen LogP contribution is -2.65. The Morgan fingerprint density at radius 2 is 1.97 bits per heavy atom. The molecule has 2 heterocycles. The van der Waals surface area contributed by atoms with Crippen LogP contribution in [0.15, 0.2) is 54.9 Å². The smallest absolute Gasteiger partial charge is 0.173 e. The van der Waals surface area contributed by atoms with Gasteiger partial charge in [0, 0.05) is 35.0 Å². The van der Waals surface area contributed by atoms with Crippen LogP contribution in [0.5, 0.6) is 5.75 Å². The fourth-order valence-corrected chi connectivity index (χ4v) is 6.21. The van der Waals surface area contributed by atoms with Gasteiger partial charge in [0.15, 0.2) is 11.9 Å². The first-order chi connectivity index (χ1) is 15.3. The monoisotopic (exact) mass is 448 g/mol. The maximum Gasteiger partial charge on any atom is 0.173 e. The van der Waals surface area contributed by atoms with Gasteiger partial charge in [-0.2, -0.15) is 5.10 Å². The highest BCUT2D eigenvalue weighted by Crippen LogP contribution is 2.75. The number of benzene rings is 2. The SMILES string of the molecule is Cc1ccc(-n2cc(C34CC(CC(=O)[C@@H]5C[C@@H](O)c6cc(Cl)ccc6O5)(C3)C4)cn2)cc1. The number of carbonyl (C=O) groups is 1. The van der Waals surface area contributed by atoms with Crippen LogP contribution in [0.3, 0.4) is 0 Å². The van der Waals surface area contributed by atoms with E-state index in [1.54, 1.807) is 18.2 Å². The van der Waals surface area contributed by atoms with Crippen LogP contribution in [0.1, 0.15) is 54.9 Å². The standard InChI is InChI=1S/C26H25ClN2O3/c1-16-2-5-19(6-3-16)29-12-17(11-28-29)26-13-25(14-26,15-26)10-22(31)24-9-21(30)20-8-18(27)4-7-23(20)32-24/h2-8,11-12,21,24,30H,9-10,13-15H2,1H3/t21-,24+,25?,26?/m1/s1. The van der Waals surface area contributed by atoms with Gasteiger partial charge < -0.3 is 9.84 Å². The molecule has 3 saturated carbocycles. The van der Waals surface area contributed by atoms with Gasteiger partial charge in [-0.25, -0.2) is 4.68 Å². The first-order valence-corrected chi connectivity index (χ1v) is 11.5. The maximum absolute atomic E-state index is 13.0. The average Bonchev–Trinajstić information content (AvgIpc) is 3.20. The van der Waals surface area contributed by atoms with Crippen molar-refractivity contribution in [1.82, 2.24) is 9.78 Å². The molecule has 0 radical (unpaired) electrons. The molecule has 0 unspecified atom stereocenters. The number of Topliss-reactive ketones (excluding diaryl/α,β-unsaturated/α-hetero) is 1. The van der Waals surface area contributed by atoms with E-state index in [4.69, 9.17) is 16.3 Å². The topological polar surface area (TPSA) is 64.4 Å². The van der Waals surface area contributed by atoms with E-state index in [-0.39, 0.29) is 23.0 Å². The largest absolute Gasteiger partial charge is 0.482 e. The summed E-state index contributed by atoms with van der Waals surface area (Å²) in [5.74, 6) is 0.650. The lowest BCUT2D eigenvalue weighted by atomic mass is 9.32. The van der Waals surface area contributed by atoms with Crippen LogP contribution in [0.2, 0.25) is 5.02 Å². The third kappa shape index (κ3) is 3.10. The summed E-state index contributed by atoms with van der Waals surface area (Å²) < 4.78 is 7.88. The van der Waals surface area contributed by atoms with Crippen molar-refractivity contribution < 1.29 is 14.6 Å². The Balaban J connectivity index is 1.10. The fraction of sp³-hybridized carbons (Fsp3) is 0.385. The van der Waals surface area contributed by atoms with Crippen LogP contribution < -0.4 is 4.74 Å². The van der Waals surface area contributed by atoms with E-state index in [1.807, 2.05) is 10.9 Å². The molecule has 1 aromatic heterocycles. The summed E-state index contributed by atoms with van der Waals surface area (Å²) in [6, 6.07) is 13.5. The van der Waals surface area contributed by atoms with Gasteiger partial charge in [-0.1, -0.05) is 29.3 Å². The molecule has 0 saturated heterocycles. The number of nitrogens with zero attached hydrogens (tertiary/aromatic N) is 2. The number of ether oxygens (including phenoxy) is 1. The number of halogens is 1. The van der Waals surface area contributed by atoms with Crippen LogP contribution >= 0.6 is 11.6 Å². The van der Waals surface area contributed by atoms with Crippen molar-refractivity contribution in [3.05, 3.63) is 76.6 Å². The summed E-state index contributed by atoms with van der Waals surface area (Å²) >= 11 is 6.03. The highest BCUT2D eigenvalue weighted by molar-refractivity contribution is 6.30. The second-order valence-corrected chi connectivity index (χ2v) is 10.4. The summed E-state index contributed by atoms with van der Waals surface area (Å²) in [6.07, 6.45) is 6.67. The molecule has 3 aromatic rings. The Hall–Kier alpha value is -2.63. The molecule has 5 nitrogen and oxygen atoms in total. The van der Waals surface area contributed by atoms with E-state index in [1.165, 1.54) is 11.1 Å². The van der Waals surface area contributed by atoms with E-state index in [0.717, 1.165) is 24.9 Å². The highest BCUT2D eigenvalue weighted by atomic mass is 35.5. The van der Waals surface area contributed by atoms with Gasteiger partial charge in [0.05, 0.1) is 18.0 Å². The predicted octanol–water partition coefficient (Wildman–Crippen LogP) is 5.10. The quantitative estimate of drug-likeness (QED) is 0.589. The van der Waals surface area contributed by atoms with Crippen LogP contribution in [-0.2, 0) is 10.2 Å². The van der Waals surface area contributed by atoms with Crippen molar-refractivity contribution >= 4 is 17.4 Å². The minimum Gasteiger partial charge on any atom is -0.482 e. The lowest BCUT2D eigenvalue weighted by molar-refractivity contribution is -0.163. The van der Waals surface area contributed by atoms with Crippen LogP contribution in [-0.4, -0.2) is 26.8 Å². The van der Waals surface area contributed by atoms with Gasteiger partial charge in [-0.3, -0.25) is 4.79 Å². The number of carbonyl (C=O) groups excluding carboxylic acids is 1. The number of aliphatic hydroxyl groups is 1. The van der Waals surface area contributed by atoms with E-state index >= 15 is 0 Å². The Morgan fingerprint density at radius 1 is 1.22 bits per heavy atom. The summed E-state index contributed by atoms with van der Waals surface area (Å²) in [6.45, 7) is 2.08. The summed E-state index contributed by atoms with van der Waals surface area (Å²) in [4.78, 5) is 13.0. The van der Waals surface area contributed by atoms with Crippen LogP contribution in [0.4, 0.5) is 0 Å². The van der Waals surface area contributed by atoms with Gasteiger partial charge in [-0.15, -0.1) is 0 Å². The molecular weight excluding hydrogens is 424 g/mol. The summed E-state index contributed by atoms with van der Waals surface area (Å²) in [5, 5.41) is 15.6. The lowest BCUT2D eigenvalue weighted by Gasteiger charge is -2.71. The number of aromatic nitrogens is 2. The molecule has 32 heavy (non-hydrogen) atoms. The molecule has 1 N–H and O–H groups in total. The van der Waals surface area contributed by atoms with Crippen molar-refractivity contribution in [2.24, 2.45) is 5.41 Å². The van der Waals surface area contributed by atoms with E-state index in [2.05, 4.69) is 42.5 Å². The van der Waals surface area contributed by atoms with Gasteiger partial charge >= 0.3 is 0 Å². The first-order valence-electron chi connectivity index (χ1n) is 11.1. The van der Waals surface area contributed by atoms with E-state index in [9.17, 15) is 9.90 Å². The van der Waals surface area contributed by atoms with E-state index < -0.39 is 12.2 Å². The minimum absolute atomic E-state index is 0.0810. The number of ketones is 1. The molecule has 4 aliphatic rings. The number of aryl methyl sites for hydroxylation is 1. The van der Waals surface area contributed by atoms with Crippen LogP contribution in [0.25, 0.3) is 5.69 Å². The van der Waals surface area contributed by atoms with Crippen molar-refractivity contribution in [1.29, 1.82) is 0 Å². The molecule has 2 bridgehead atoms. The second kappa shape index (κ2) is 6.93. The van der Waals surface area contributed by atoms with Crippen LogP contribution in [0, 0.1) is 12.3 Å². The van der Waals surface area contributed by atoms with Crippen molar-refractivity contribution in [2.75, 3.05) is 0 Å². The normalized spacial score (nSPS) is 30.0. The zero-order valence-electron chi connectivity index (χ0n) is 17.9. The molecule has 0 spiro atoms. The number of hydrogen-bond donors (Lipinski definition) is 1. The Bertz CT molecular complexity index is 1200.